The fraction of sp³-hybridized carbons (Fsp3) is 0.353. The van der Waals surface area contributed by atoms with Gasteiger partial charge in [-0.15, -0.1) is 0 Å². The minimum absolute atomic E-state index is 0.327. The summed E-state index contributed by atoms with van der Waals surface area (Å²) in [6, 6.07) is 3.77. The van der Waals surface area contributed by atoms with Crippen LogP contribution in [0.2, 0.25) is 0 Å². The molecule has 2 N–H and O–H groups in total. The van der Waals surface area contributed by atoms with Gasteiger partial charge in [-0.1, -0.05) is 0 Å². The highest BCUT2D eigenvalue weighted by Crippen LogP contribution is 2.40. The van der Waals surface area contributed by atoms with Crippen LogP contribution in [0.25, 0.3) is 0 Å². The molecule has 25 heavy (non-hydrogen) atoms. The molecule has 8 nitrogen and oxygen atoms in total. The molecule has 8 heteroatoms. The number of rotatable bonds is 7. The molecular weight excluding hydrogens is 324 g/mol. The van der Waals surface area contributed by atoms with Gasteiger partial charge in [0.05, 0.1) is 26.9 Å². The maximum atomic E-state index is 12.4. The number of carbonyl (C=O) groups excluding carboxylic acids is 1. The molecule has 132 valence electrons. The number of carbonyl (C=O) groups is 1. The first-order valence-electron chi connectivity index (χ1n) is 7.84. The number of ether oxygens (including phenoxy) is 3. The van der Waals surface area contributed by atoms with Crippen molar-refractivity contribution in [2.24, 2.45) is 0 Å². The Labute approximate surface area is 145 Å². The van der Waals surface area contributed by atoms with Gasteiger partial charge in [-0.3, -0.25) is 4.79 Å². The number of methoxy groups -OCH3 is 3. The van der Waals surface area contributed by atoms with Crippen molar-refractivity contribution >= 4 is 17.5 Å². The number of hydrogen-bond donors (Lipinski definition) is 2. The van der Waals surface area contributed by atoms with Gasteiger partial charge in [0, 0.05) is 36.3 Å². The van der Waals surface area contributed by atoms with Crippen LogP contribution >= 0.6 is 0 Å². The summed E-state index contributed by atoms with van der Waals surface area (Å²) in [6.07, 6.45) is 5.25. The Morgan fingerprint density at radius 1 is 1.04 bits per heavy atom. The zero-order chi connectivity index (χ0) is 17.8. The van der Waals surface area contributed by atoms with E-state index in [-0.39, 0.29) is 5.91 Å². The van der Waals surface area contributed by atoms with Crippen molar-refractivity contribution in [1.29, 1.82) is 0 Å². The zero-order valence-electron chi connectivity index (χ0n) is 14.3. The second-order valence-electron chi connectivity index (χ2n) is 5.58. The smallest absolute Gasteiger partial charge is 0.258 e. The molecule has 1 amide bonds. The number of benzene rings is 1. The predicted molar refractivity (Wildman–Crippen MR) is 92.7 cm³/mol. The summed E-state index contributed by atoms with van der Waals surface area (Å²) < 4.78 is 15.8. The van der Waals surface area contributed by atoms with E-state index in [1.165, 1.54) is 33.7 Å². The number of nitrogens with zero attached hydrogens (tertiary/aromatic N) is 2. The maximum absolute atomic E-state index is 12.4. The van der Waals surface area contributed by atoms with Crippen molar-refractivity contribution in [3.05, 3.63) is 30.1 Å². The Morgan fingerprint density at radius 2 is 1.64 bits per heavy atom. The molecule has 1 aromatic carbocycles. The Morgan fingerprint density at radius 3 is 2.12 bits per heavy atom. The van der Waals surface area contributed by atoms with Crippen molar-refractivity contribution in [1.82, 2.24) is 9.97 Å². The number of amides is 1. The molecule has 0 atom stereocenters. The van der Waals surface area contributed by atoms with Crippen molar-refractivity contribution in [2.45, 2.75) is 18.9 Å². The highest BCUT2D eigenvalue weighted by Gasteiger charge is 2.22. The molecule has 1 aromatic heterocycles. The Hall–Kier alpha value is -3.03. The average molecular weight is 344 g/mol. The van der Waals surface area contributed by atoms with E-state index in [1.54, 1.807) is 12.1 Å². The van der Waals surface area contributed by atoms with E-state index in [2.05, 4.69) is 20.6 Å². The summed E-state index contributed by atoms with van der Waals surface area (Å²) in [5.74, 6) is 1.58. The van der Waals surface area contributed by atoms with Gasteiger partial charge in [0.25, 0.3) is 5.91 Å². The third-order valence-corrected chi connectivity index (χ3v) is 3.75. The molecule has 1 aliphatic rings. The Kier molecular flexibility index (Phi) is 4.87. The lowest BCUT2D eigenvalue weighted by Crippen LogP contribution is -2.14. The standard InChI is InChI=1S/C17H20N4O4/c1-23-13-6-12(7-14(24-2)15(13)25-3)20-16(22)10-8-18-17(19-9-10)21-11-4-5-11/h6-9,11H,4-5H2,1-3H3,(H,20,22)(H,18,19,21). The summed E-state index contributed by atoms with van der Waals surface area (Å²) in [5.41, 5.74) is 0.870. The molecule has 2 aromatic rings. The summed E-state index contributed by atoms with van der Waals surface area (Å²) in [5, 5.41) is 5.95. The first kappa shape index (κ1) is 16.8. The second-order valence-corrected chi connectivity index (χ2v) is 5.58. The molecule has 0 bridgehead atoms. The minimum Gasteiger partial charge on any atom is -0.493 e. The largest absolute Gasteiger partial charge is 0.493 e. The molecule has 3 rings (SSSR count). The molecular formula is C17H20N4O4. The van der Waals surface area contributed by atoms with E-state index in [0.717, 1.165) is 12.8 Å². The normalized spacial score (nSPS) is 13.1. The monoisotopic (exact) mass is 344 g/mol. The van der Waals surface area contributed by atoms with Crippen LogP contribution in [0, 0.1) is 0 Å². The highest BCUT2D eigenvalue weighted by molar-refractivity contribution is 6.04. The van der Waals surface area contributed by atoms with Crippen molar-refractivity contribution in [3.8, 4) is 17.2 Å². The molecule has 1 aliphatic carbocycles. The van der Waals surface area contributed by atoms with Crippen molar-refractivity contribution in [3.63, 3.8) is 0 Å². The SMILES string of the molecule is COc1cc(NC(=O)c2cnc(NC3CC3)nc2)cc(OC)c1OC. The van der Waals surface area contributed by atoms with Crippen LogP contribution < -0.4 is 24.8 Å². The second kappa shape index (κ2) is 7.25. The minimum atomic E-state index is -0.327. The lowest BCUT2D eigenvalue weighted by Gasteiger charge is -2.14. The van der Waals surface area contributed by atoms with Gasteiger partial charge in [-0.05, 0) is 12.8 Å². The van der Waals surface area contributed by atoms with Crippen molar-refractivity contribution < 1.29 is 19.0 Å². The van der Waals surface area contributed by atoms with E-state index in [0.29, 0.717) is 40.5 Å². The molecule has 1 saturated carbocycles. The van der Waals surface area contributed by atoms with Crippen LogP contribution in [-0.2, 0) is 0 Å². The summed E-state index contributed by atoms with van der Waals surface area (Å²) in [4.78, 5) is 20.7. The zero-order valence-corrected chi connectivity index (χ0v) is 14.3. The Bertz CT molecular complexity index is 735. The van der Waals surface area contributed by atoms with E-state index in [1.807, 2.05) is 0 Å². The van der Waals surface area contributed by atoms with Gasteiger partial charge in [0.2, 0.25) is 11.7 Å². The number of aromatic nitrogens is 2. The van der Waals surface area contributed by atoms with Gasteiger partial charge < -0.3 is 24.8 Å². The maximum Gasteiger partial charge on any atom is 0.258 e. The Balaban J connectivity index is 1.75. The predicted octanol–water partition coefficient (Wildman–Crippen LogP) is 2.33. The fourth-order valence-electron chi connectivity index (χ4n) is 2.29. The molecule has 0 spiro atoms. The highest BCUT2D eigenvalue weighted by atomic mass is 16.5. The summed E-state index contributed by atoms with van der Waals surface area (Å²) >= 11 is 0. The number of hydrogen-bond acceptors (Lipinski definition) is 7. The molecule has 0 aliphatic heterocycles. The lowest BCUT2D eigenvalue weighted by molar-refractivity contribution is 0.102. The van der Waals surface area contributed by atoms with Crippen LogP contribution in [0.1, 0.15) is 23.2 Å². The first-order chi connectivity index (χ1) is 12.1. The lowest BCUT2D eigenvalue weighted by atomic mass is 10.2. The average Bonchev–Trinajstić information content (AvgIpc) is 3.45. The molecule has 1 heterocycles. The quantitative estimate of drug-likeness (QED) is 0.796. The van der Waals surface area contributed by atoms with E-state index >= 15 is 0 Å². The van der Waals surface area contributed by atoms with Crippen LogP contribution in [0.5, 0.6) is 17.2 Å². The van der Waals surface area contributed by atoms with Gasteiger partial charge >= 0.3 is 0 Å². The topological polar surface area (TPSA) is 94.6 Å². The van der Waals surface area contributed by atoms with Gasteiger partial charge in [0.15, 0.2) is 11.5 Å². The number of anilines is 2. The van der Waals surface area contributed by atoms with Crippen molar-refractivity contribution in [2.75, 3.05) is 32.0 Å². The van der Waals surface area contributed by atoms with E-state index in [9.17, 15) is 4.79 Å². The van der Waals surface area contributed by atoms with Crippen LogP contribution in [0.15, 0.2) is 24.5 Å². The molecule has 0 unspecified atom stereocenters. The fourth-order valence-corrected chi connectivity index (χ4v) is 2.29. The van der Waals surface area contributed by atoms with Crippen LogP contribution in [-0.4, -0.2) is 43.2 Å². The molecule has 0 radical (unpaired) electrons. The molecule has 0 saturated heterocycles. The van der Waals surface area contributed by atoms with E-state index < -0.39 is 0 Å². The van der Waals surface area contributed by atoms with Crippen LogP contribution in [0.4, 0.5) is 11.6 Å². The van der Waals surface area contributed by atoms with E-state index in [4.69, 9.17) is 14.2 Å². The summed E-state index contributed by atoms with van der Waals surface area (Å²) in [6.45, 7) is 0. The van der Waals surface area contributed by atoms with Gasteiger partial charge in [-0.25, -0.2) is 9.97 Å². The summed E-state index contributed by atoms with van der Waals surface area (Å²) in [7, 11) is 4.55. The third kappa shape index (κ3) is 3.90. The third-order valence-electron chi connectivity index (χ3n) is 3.75. The number of nitrogens with one attached hydrogen (secondary N) is 2. The molecule has 1 fully saturated rings. The van der Waals surface area contributed by atoms with Crippen LogP contribution in [0.3, 0.4) is 0 Å². The van der Waals surface area contributed by atoms with Gasteiger partial charge in [0.1, 0.15) is 0 Å². The van der Waals surface area contributed by atoms with Gasteiger partial charge in [-0.2, -0.15) is 0 Å². The first-order valence-corrected chi connectivity index (χ1v) is 7.84.